The maximum absolute atomic E-state index is 6.26. The van der Waals surface area contributed by atoms with Crippen LogP contribution in [0.15, 0.2) is 67.0 Å². The lowest BCUT2D eigenvalue weighted by atomic mass is 10.1. The van der Waals surface area contributed by atoms with Gasteiger partial charge in [0.2, 0.25) is 5.95 Å². The zero-order chi connectivity index (χ0) is 29.6. The van der Waals surface area contributed by atoms with Gasteiger partial charge in [-0.2, -0.15) is 9.97 Å². The Bertz CT molecular complexity index is 1690. The zero-order valence-corrected chi connectivity index (χ0v) is 25.0. The van der Waals surface area contributed by atoms with Gasteiger partial charge in [0.25, 0.3) is 0 Å². The summed E-state index contributed by atoms with van der Waals surface area (Å²) >= 11 is 6.26. The number of nitrogens with zero attached hydrogens (tertiary/aromatic N) is 5. The molecule has 0 amide bonds. The fourth-order valence-electron chi connectivity index (χ4n) is 4.71. The quantitative estimate of drug-likeness (QED) is 0.194. The molecule has 0 bridgehead atoms. The normalized spacial score (nSPS) is 10.9. The average molecular weight is 589 g/mol. The fourth-order valence-corrected chi connectivity index (χ4v) is 4.92. The molecule has 11 heteroatoms. The summed E-state index contributed by atoms with van der Waals surface area (Å²) in [5.41, 5.74) is 4.32. The first-order valence-electron chi connectivity index (χ1n) is 13.3. The Morgan fingerprint density at radius 2 is 1.52 bits per heavy atom. The van der Waals surface area contributed by atoms with E-state index < -0.39 is 0 Å². The first-order chi connectivity index (χ1) is 20.4. The summed E-state index contributed by atoms with van der Waals surface area (Å²) in [6.07, 6.45) is 1.78. The predicted molar refractivity (Wildman–Crippen MR) is 164 cm³/mol. The molecule has 42 heavy (non-hydrogen) atoms. The highest BCUT2D eigenvalue weighted by Gasteiger charge is 2.19. The van der Waals surface area contributed by atoms with Crippen LogP contribution in [-0.2, 0) is 19.6 Å². The van der Waals surface area contributed by atoms with Gasteiger partial charge in [-0.15, -0.1) is 0 Å². The molecule has 5 rings (SSSR count). The Morgan fingerprint density at radius 1 is 0.833 bits per heavy atom. The number of anilines is 2. The van der Waals surface area contributed by atoms with E-state index >= 15 is 0 Å². The van der Waals surface area contributed by atoms with Gasteiger partial charge in [-0.3, -0.25) is 0 Å². The molecule has 10 nitrogen and oxygen atoms in total. The van der Waals surface area contributed by atoms with Gasteiger partial charge >= 0.3 is 0 Å². The minimum atomic E-state index is 0.441. The van der Waals surface area contributed by atoms with E-state index in [1.54, 1.807) is 34.8 Å². The third kappa shape index (κ3) is 6.28. The second-order valence-corrected chi connectivity index (χ2v) is 10.0. The van der Waals surface area contributed by atoms with Crippen LogP contribution in [0, 0.1) is 0 Å². The van der Waals surface area contributed by atoms with E-state index in [-0.39, 0.29) is 0 Å². The lowest BCUT2D eigenvalue weighted by Gasteiger charge is -2.21. The summed E-state index contributed by atoms with van der Waals surface area (Å²) < 4.78 is 23.9. The molecule has 0 unspecified atom stereocenters. The largest absolute Gasteiger partial charge is 0.497 e. The van der Waals surface area contributed by atoms with Crippen molar-refractivity contribution in [3.63, 3.8) is 0 Å². The molecule has 0 saturated heterocycles. The number of benzene rings is 3. The molecule has 0 radical (unpaired) electrons. The Hall–Kier alpha value is -4.70. The molecule has 3 aromatic carbocycles. The number of methoxy groups -OCH3 is 4. The highest BCUT2D eigenvalue weighted by atomic mass is 35.5. The molecule has 0 aliphatic carbocycles. The van der Waals surface area contributed by atoms with Crippen molar-refractivity contribution >= 4 is 34.5 Å². The highest BCUT2D eigenvalue weighted by molar-refractivity contribution is 6.30. The Labute approximate surface area is 249 Å². The van der Waals surface area contributed by atoms with Gasteiger partial charge in [0, 0.05) is 48.4 Å². The maximum Gasteiger partial charge on any atom is 0.227 e. The van der Waals surface area contributed by atoms with Crippen LogP contribution in [-0.4, -0.2) is 55.0 Å². The van der Waals surface area contributed by atoms with Crippen molar-refractivity contribution < 1.29 is 18.9 Å². The number of hydrogen-bond acceptors (Lipinski definition) is 9. The topological polar surface area (TPSA) is 95.8 Å². The SMILES string of the molecule is COc1ccc(CNc2nc(N(C)Cc3ccc(OC)cc3OC)c3ncn(Cc4cccc(Cl)c4)c3n2)c(OC)c1. The second-order valence-electron chi connectivity index (χ2n) is 9.61. The number of ether oxygens (including phenoxy) is 4. The standard InChI is InChI=1S/C31H33ClN6O4/c1-37(18-22-10-12-25(40-3)15-27(22)42-5)29-28-30(38(19-34-28)17-20-7-6-8-23(32)13-20)36-31(35-29)33-16-21-9-11-24(39-2)14-26(21)41-4/h6-15,19H,16-18H2,1-5H3,(H,33,35,36). The van der Waals surface area contributed by atoms with Crippen LogP contribution >= 0.6 is 11.6 Å². The summed E-state index contributed by atoms with van der Waals surface area (Å²) in [5.74, 6) is 4.00. The molecular formula is C31H33ClN6O4. The van der Waals surface area contributed by atoms with E-state index in [9.17, 15) is 0 Å². The smallest absolute Gasteiger partial charge is 0.227 e. The number of halogens is 1. The third-order valence-corrected chi connectivity index (χ3v) is 7.12. The van der Waals surface area contributed by atoms with Gasteiger partial charge in [-0.05, 0) is 42.0 Å². The van der Waals surface area contributed by atoms with Crippen LogP contribution in [0.3, 0.4) is 0 Å². The summed E-state index contributed by atoms with van der Waals surface area (Å²) in [4.78, 5) is 16.5. The third-order valence-electron chi connectivity index (χ3n) is 6.88. The van der Waals surface area contributed by atoms with Crippen molar-refractivity contribution in [2.75, 3.05) is 45.7 Å². The molecular weight excluding hydrogens is 556 g/mol. The van der Waals surface area contributed by atoms with E-state index in [0.29, 0.717) is 53.3 Å². The molecule has 0 saturated carbocycles. The van der Waals surface area contributed by atoms with Crippen LogP contribution in [0.25, 0.3) is 11.2 Å². The molecule has 2 aromatic heterocycles. The number of rotatable bonds is 12. The second kappa shape index (κ2) is 12.9. The zero-order valence-electron chi connectivity index (χ0n) is 24.2. The highest BCUT2D eigenvalue weighted by Crippen LogP contribution is 2.30. The maximum atomic E-state index is 6.26. The summed E-state index contributed by atoms with van der Waals surface area (Å²) in [6, 6.07) is 19.2. The van der Waals surface area contributed by atoms with Gasteiger partial charge in [0.1, 0.15) is 23.0 Å². The van der Waals surface area contributed by atoms with Crippen molar-refractivity contribution in [3.8, 4) is 23.0 Å². The van der Waals surface area contributed by atoms with Gasteiger partial charge in [-0.1, -0.05) is 23.7 Å². The van der Waals surface area contributed by atoms with Crippen LogP contribution in [0.1, 0.15) is 16.7 Å². The van der Waals surface area contributed by atoms with Gasteiger partial charge in [0.05, 0.1) is 41.3 Å². The Morgan fingerprint density at radius 3 is 2.19 bits per heavy atom. The van der Waals surface area contributed by atoms with E-state index in [1.165, 1.54) is 0 Å². The van der Waals surface area contributed by atoms with Crippen molar-refractivity contribution in [2.24, 2.45) is 0 Å². The summed E-state index contributed by atoms with van der Waals surface area (Å²) in [6.45, 7) is 1.51. The van der Waals surface area contributed by atoms with E-state index in [1.807, 2.05) is 77.2 Å². The number of aromatic nitrogens is 4. The van der Waals surface area contributed by atoms with E-state index in [2.05, 4.69) is 5.32 Å². The fraction of sp³-hybridized carbons (Fsp3) is 0.258. The Kier molecular flexibility index (Phi) is 8.83. The van der Waals surface area contributed by atoms with Crippen LogP contribution < -0.4 is 29.2 Å². The lowest BCUT2D eigenvalue weighted by molar-refractivity contribution is 0.391. The van der Waals surface area contributed by atoms with Gasteiger partial charge in [-0.25, -0.2) is 4.98 Å². The minimum Gasteiger partial charge on any atom is -0.497 e. The van der Waals surface area contributed by atoms with Crippen molar-refractivity contribution in [1.82, 2.24) is 19.5 Å². The van der Waals surface area contributed by atoms with Gasteiger partial charge in [0.15, 0.2) is 17.0 Å². The molecule has 0 aliphatic heterocycles. The minimum absolute atomic E-state index is 0.441. The van der Waals surface area contributed by atoms with Crippen molar-refractivity contribution in [3.05, 3.63) is 88.7 Å². The monoisotopic (exact) mass is 588 g/mol. The molecule has 0 spiro atoms. The first kappa shape index (κ1) is 28.8. The van der Waals surface area contributed by atoms with Crippen molar-refractivity contribution in [1.29, 1.82) is 0 Å². The molecule has 1 N–H and O–H groups in total. The molecule has 5 aromatic rings. The molecule has 0 fully saturated rings. The number of hydrogen-bond donors (Lipinski definition) is 1. The Balaban J connectivity index is 1.51. The predicted octanol–water partition coefficient (Wildman–Crippen LogP) is 5.81. The number of fused-ring (bicyclic) bond motifs is 1. The lowest BCUT2D eigenvalue weighted by Crippen LogP contribution is -2.20. The number of nitrogens with one attached hydrogen (secondary N) is 1. The molecule has 0 aliphatic rings. The van der Waals surface area contributed by atoms with Gasteiger partial charge < -0.3 is 33.7 Å². The molecule has 0 atom stereocenters. The van der Waals surface area contributed by atoms with E-state index in [4.69, 9.17) is 45.5 Å². The summed E-state index contributed by atoms with van der Waals surface area (Å²) in [5, 5.41) is 4.06. The van der Waals surface area contributed by atoms with Crippen LogP contribution in [0.4, 0.5) is 11.8 Å². The number of imidazole rings is 1. The van der Waals surface area contributed by atoms with E-state index in [0.717, 1.165) is 33.9 Å². The molecule has 2 heterocycles. The van der Waals surface area contributed by atoms with Crippen LogP contribution in [0.2, 0.25) is 5.02 Å². The summed E-state index contributed by atoms with van der Waals surface area (Å²) in [7, 11) is 8.51. The average Bonchev–Trinajstić information content (AvgIpc) is 3.41. The first-order valence-corrected chi connectivity index (χ1v) is 13.6. The van der Waals surface area contributed by atoms with Crippen molar-refractivity contribution in [2.45, 2.75) is 19.6 Å². The molecule has 218 valence electrons. The van der Waals surface area contributed by atoms with Crippen LogP contribution in [0.5, 0.6) is 23.0 Å².